The average molecular weight is 193 g/mol. The van der Waals surface area contributed by atoms with Crippen LogP contribution in [0, 0.1) is 6.92 Å². The standard InChI is InChI=1S/C9H11N3O2/c1-6-7(3-4-13-6)9-12-11-8(14-9)5-10-2/h3-4,10H,5H2,1-2H3. The van der Waals surface area contributed by atoms with Crippen molar-refractivity contribution in [3.8, 4) is 11.5 Å². The van der Waals surface area contributed by atoms with Gasteiger partial charge >= 0.3 is 0 Å². The number of aryl methyl sites for hydroxylation is 1. The molecule has 0 bridgehead atoms. The minimum atomic E-state index is 0.501. The van der Waals surface area contributed by atoms with E-state index in [-0.39, 0.29) is 0 Å². The Morgan fingerprint density at radius 2 is 2.29 bits per heavy atom. The Labute approximate surface area is 81.1 Å². The van der Waals surface area contributed by atoms with Gasteiger partial charge in [-0.3, -0.25) is 0 Å². The normalized spacial score (nSPS) is 10.7. The first-order valence-corrected chi connectivity index (χ1v) is 4.32. The summed E-state index contributed by atoms with van der Waals surface area (Å²) in [5.41, 5.74) is 0.847. The Morgan fingerprint density at radius 1 is 1.43 bits per heavy atom. The van der Waals surface area contributed by atoms with Gasteiger partial charge in [0.1, 0.15) is 5.76 Å². The lowest BCUT2D eigenvalue weighted by Crippen LogP contribution is -2.04. The molecule has 2 heterocycles. The molecule has 5 nitrogen and oxygen atoms in total. The van der Waals surface area contributed by atoms with E-state index in [9.17, 15) is 0 Å². The average Bonchev–Trinajstić information content (AvgIpc) is 2.74. The zero-order valence-corrected chi connectivity index (χ0v) is 8.07. The summed E-state index contributed by atoms with van der Waals surface area (Å²) >= 11 is 0. The van der Waals surface area contributed by atoms with Crippen LogP contribution < -0.4 is 5.32 Å². The van der Waals surface area contributed by atoms with Crippen molar-refractivity contribution in [1.29, 1.82) is 0 Å². The van der Waals surface area contributed by atoms with Crippen LogP contribution in [0.1, 0.15) is 11.7 Å². The van der Waals surface area contributed by atoms with Crippen molar-refractivity contribution in [1.82, 2.24) is 15.5 Å². The molecule has 1 N–H and O–H groups in total. The number of nitrogens with zero attached hydrogens (tertiary/aromatic N) is 2. The lowest BCUT2D eigenvalue weighted by molar-refractivity contribution is 0.487. The molecule has 2 aromatic heterocycles. The number of furan rings is 1. The van der Waals surface area contributed by atoms with Gasteiger partial charge in [0.25, 0.3) is 5.89 Å². The van der Waals surface area contributed by atoms with E-state index in [4.69, 9.17) is 8.83 Å². The highest BCUT2D eigenvalue weighted by atomic mass is 16.4. The van der Waals surface area contributed by atoms with Crippen molar-refractivity contribution >= 4 is 0 Å². The molecule has 0 aliphatic carbocycles. The second-order valence-corrected chi connectivity index (χ2v) is 2.92. The fourth-order valence-corrected chi connectivity index (χ4v) is 1.19. The fraction of sp³-hybridized carbons (Fsp3) is 0.333. The smallest absolute Gasteiger partial charge is 0.251 e. The summed E-state index contributed by atoms with van der Waals surface area (Å²) < 4.78 is 10.5. The van der Waals surface area contributed by atoms with Gasteiger partial charge in [0, 0.05) is 0 Å². The lowest BCUT2D eigenvalue weighted by atomic mass is 10.3. The van der Waals surface area contributed by atoms with Crippen LogP contribution >= 0.6 is 0 Å². The minimum absolute atomic E-state index is 0.501. The first kappa shape index (κ1) is 8.96. The van der Waals surface area contributed by atoms with E-state index >= 15 is 0 Å². The van der Waals surface area contributed by atoms with Crippen LogP contribution in [0.3, 0.4) is 0 Å². The molecule has 0 aliphatic heterocycles. The van der Waals surface area contributed by atoms with Gasteiger partial charge in [0.05, 0.1) is 18.4 Å². The molecule has 74 valence electrons. The molecule has 2 rings (SSSR count). The van der Waals surface area contributed by atoms with Crippen LogP contribution in [-0.4, -0.2) is 17.2 Å². The third-order valence-corrected chi connectivity index (χ3v) is 1.88. The monoisotopic (exact) mass is 193 g/mol. The maximum absolute atomic E-state index is 5.40. The van der Waals surface area contributed by atoms with E-state index in [2.05, 4.69) is 15.5 Å². The molecule has 0 amide bonds. The Balaban J connectivity index is 2.29. The van der Waals surface area contributed by atoms with Crippen LogP contribution in [0.15, 0.2) is 21.2 Å². The molecule has 0 aliphatic rings. The number of hydrogen-bond acceptors (Lipinski definition) is 5. The zero-order chi connectivity index (χ0) is 9.97. The minimum Gasteiger partial charge on any atom is -0.469 e. The van der Waals surface area contributed by atoms with Crippen molar-refractivity contribution in [2.24, 2.45) is 0 Å². The van der Waals surface area contributed by atoms with E-state index in [1.165, 1.54) is 0 Å². The Hall–Kier alpha value is -1.62. The van der Waals surface area contributed by atoms with Crippen molar-refractivity contribution in [3.63, 3.8) is 0 Å². The summed E-state index contributed by atoms with van der Waals surface area (Å²) in [5.74, 6) is 1.86. The molecule has 0 spiro atoms. The van der Waals surface area contributed by atoms with Crippen LogP contribution in [0.5, 0.6) is 0 Å². The van der Waals surface area contributed by atoms with E-state index in [0.29, 0.717) is 18.3 Å². The summed E-state index contributed by atoms with van der Waals surface area (Å²) in [6.07, 6.45) is 1.60. The lowest BCUT2D eigenvalue weighted by Gasteiger charge is -1.90. The molecular weight excluding hydrogens is 182 g/mol. The highest BCUT2D eigenvalue weighted by Crippen LogP contribution is 2.22. The third-order valence-electron chi connectivity index (χ3n) is 1.88. The SMILES string of the molecule is CNCc1nnc(-c2ccoc2C)o1. The summed E-state index contributed by atoms with van der Waals surface area (Å²) in [5, 5.41) is 10.7. The number of nitrogens with one attached hydrogen (secondary N) is 1. The van der Waals surface area contributed by atoms with E-state index in [1.54, 1.807) is 6.26 Å². The summed E-state index contributed by atoms with van der Waals surface area (Å²) in [7, 11) is 1.83. The van der Waals surface area contributed by atoms with Crippen LogP contribution in [0.25, 0.3) is 11.5 Å². The molecule has 0 saturated heterocycles. The van der Waals surface area contributed by atoms with E-state index < -0.39 is 0 Å². The fourth-order valence-electron chi connectivity index (χ4n) is 1.19. The molecule has 0 atom stereocenters. The van der Waals surface area contributed by atoms with E-state index in [0.717, 1.165) is 11.3 Å². The van der Waals surface area contributed by atoms with Crippen molar-refractivity contribution in [2.75, 3.05) is 7.05 Å². The van der Waals surface area contributed by atoms with Gasteiger partial charge in [-0.1, -0.05) is 0 Å². The maximum atomic E-state index is 5.40. The highest BCUT2D eigenvalue weighted by Gasteiger charge is 2.11. The van der Waals surface area contributed by atoms with Gasteiger partial charge < -0.3 is 14.2 Å². The molecule has 0 unspecified atom stereocenters. The molecule has 14 heavy (non-hydrogen) atoms. The summed E-state index contributed by atoms with van der Waals surface area (Å²) in [6, 6.07) is 1.81. The van der Waals surface area contributed by atoms with Crippen LogP contribution in [0.2, 0.25) is 0 Å². The summed E-state index contributed by atoms with van der Waals surface area (Å²) in [4.78, 5) is 0. The third kappa shape index (κ3) is 1.54. The van der Waals surface area contributed by atoms with Gasteiger partial charge in [-0.15, -0.1) is 10.2 Å². The van der Waals surface area contributed by atoms with Crippen molar-refractivity contribution < 1.29 is 8.83 Å². The zero-order valence-electron chi connectivity index (χ0n) is 8.07. The van der Waals surface area contributed by atoms with Crippen molar-refractivity contribution in [2.45, 2.75) is 13.5 Å². The highest BCUT2D eigenvalue weighted by molar-refractivity contribution is 5.54. The molecular formula is C9H11N3O2. The van der Waals surface area contributed by atoms with Gasteiger partial charge in [0.15, 0.2) is 0 Å². The maximum Gasteiger partial charge on any atom is 0.251 e. The van der Waals surface area contributed by atoms with E-state index in [1.807, 2.05) is 20.0 Å². The van der Waals surface area contributed by atoms with Gasteiger partial charge in [-0.2, -0.15) is 0 Å². The predicted octanol–water partition coefficient (Wildman–Crippen LogP) is 1.36. The first-order valence-electron chi connectivity index (χ1n) is 4.32. The largest absolute Gasteiger partial charge is 0.469 e. The summed E-state index contributed by atoms with van der Waals surface area (Å²) in [6.45, 7) is 2.43. The second-order valence-electron chi connectivity index (χ2n) is 2.92. The Kier molecular flexibility index (Phi) is 2.32. The predicted molar refractivity (Wildman–Crippen MR) is 49.5 cm³/mol. The molecule has 0 saturated carbocycles. The quantitative estimate of drug-likeness (QED) is 0.797. The number of hydrogen-bond donors (Lipinski definition) is 1. The van der Waals surface area contributed by atoms with Gasteiger partial charge in [-0.25, -0.2) is 0 Å². The topological polar surface area (TPSA) is 64.1 Å². The number of aromatic nitrogens is 2. The van der Waals surface area contributed by atoms with Gasteiger partial charge in [-0.05, 0) is 20.0 Å². The van der Waals surface area contributed by atoms with Gasteiger partial charge in [0.2, 0.25) is 5.89 Å². The molecule has 2 aromatic rings. The number of rotatable bonds is 3. The Morgan fingerprint density at radius 3 is 2.93 bits per heavy atom. The van der Waals surface area contributed by atoms with Crippen molar-refractivity contribution in [3.05, 3.63) is 24.0 Å². The molecule has 0 fully saturated rings. The van der Waals surface area contributed by atoms with Crippen LogP contribution in [0.4, 0.5) is 0 Å². The Bertz CT molecular complexity index is 419. The van der Waals surface area contributed by atoms with Crippen LogP contribution in [-0.2, 0) is 6.54 Å². The molecule has 0 radical (unpaired) electrons. The molecule has 5 heteroatoms. The second kappa shape index (κ2) is 3.63. The molecule has 0 aromatic carbocycles. The first-order chi connectivity index (χ1) is 6.81.